The first-order valence-corrected chi connectivity index (χ1v) is 8.41. The van der Waals surface area contributed by atoms with Crippen LogP contribution < -0.4 is 5.32 Å². The molecule has 1 amide bonds. The second kappa shape index (κ2) is 8.47. The quantitative estimate of drug-likeness (QED) is 0.763. The summed E-state index contributed by atoms with van der Waals surface area (Å²) in [6.45, 7) is 4.79. The molecular weight excluding hydrogens is 350 g/mol. The number of para-hydroxylation sites is 1. The van der Waals surface area contributed by atoms with Gasteiger partial charge in [0.2, 0.25) is 5.91 Å². The van der Waals surface area contributed by atoms with Gasteiger partial charge >= 0.3 is 0 Å². The topological polar surface area (TPSA) is 32.3 Å². The average Bonchev–Trinajstić information content (AvgIpc) is 2.56. The van der Waals surface area contributed by atoms with Crippen molar-refractivity contribution in [3.05, 3.63) is 63.9 Å². The summed E-state index contributed by atoms with van der Waals surface area (Å²) in [5.41, 5.74) is 1.36. The molecule has 128 valence electrons. The third-order valence-electron chi connectivity index (χ3n) is 3.88. The molecule has 0 fully saturated rings. The zero-order valence-corrected chi connectivity index (χ0v) is 15.0. The van der Waals surface area contributed by atoms with Crippen molar-refractivity contribution in [1.29, 1.82) is 0 Å². The zero-order valence-electron chi connectivity index (χ0n) is 13.5. The van der Waals surface area contributed by atoms with Crippen molar-refractivity contribution < 1.29 is 9.18 Å². The lowest BCUT2D eigenvalue weighted by Crippen LogP contribution is -2.35. The van der Waals surface area contributed by atoms with Gasteiger partial charge in [-0.3, -0.25) is 9.69 Å². The van der Waals surface area contributed by atoms with Crippen LogP contribution in [0.2, 0.25) is 10.0 Å². The van der Waals surface area contributed by atoms with Gasteiger partial charge in [0.15, 0.2) is 0 Å². The van der Waals surface area contributed by atoms with Crippen molar-refractivity contribution in [2.75, 3.05) is 18.4 Å². The van der Waals surface area contributed by atoms with Crippen LogP contribution >= 0.6 is 23.2 Å². The number of carbonyl (C=O) groups is 1. The molecule has 0 radical (unpaired) electrons. The van der Waals surface area contributed by atoms with Gasteiger partial charge in [0.05, 0.1) is 22.3 Å². The van der Waals surface area contributed by atoms with E-state index in [1.807, 2.05) is 18.7 Å². The first kappa shape index (κ1) is 18.7. The highest BCUT2D eigenvalue weighted by atomic mass is 35.5. The van der Waals surface area contributed by atoms with Crippen LogP contribution in [0.25, 0.3) is 0 Å². The standard InChI is InChI=1S/C18H19Cl2FN2O/c1-3-23(12(2)13-7-9-14(21)10-8-13)11-17(24)22-18-15(19)5-4-6-16(18)20/h4-10,12H,3,11H2,1-2H3,(H,22,24)/t12-/m1/s1. The lowest BCUT2D eigenvalue weighted by atomic mass is 10.1. The molecule has 0 heterocycles. The van der Waals surface area contributed by atoms with Crippen LogP contribution in [0.15, 0.2) is 42.5 Å². The van der Waals surface area contributed by atoms with Crippen LogP contribution in [0.5, 0.6) is 0 Å². The van der Waals surface area contributed by atoms with Crippen molar-refractivity contribution >= 4 is 34.8 Å². The van der Waals surface area contributed by atoms with Crippen LogP contribution in [-0.4, -0.2) is 23.9 Å². The van der Waals surface area contributed by atoms with E-state index in [0.29, 0.717) is 22.3 Å². The van der Waals surface area contributed by atoms with Crippen LogP contribution in [-0.2, 0) is 4.79 Å². The van der Waals surface area contributed by atoms with Gasteiger partial charge in [0, 0.05) is 6.04 Å². The molecule has 0 aliphatic carbocycles. The predicted molar refractivity (Wildman–Crippen MR) is 97.2 cm³/mol. The zero-order chi connectivity index (χ0) is 17.7. The maximum absolute atomic E-state index is 13.1. The van der Waals surface area contributed by atoms with E-state index in [1.165, 1.54) is 12.1 Å². The number of hydrogen-bond acceptors (Lipinski definition) is 2. The van der Waals surface area contributed by atoms with E-state index in [0.717, 1.165) is 5.56 Å². The van der Waals surface area contributed by atoms with E-state index in [-0.39, 0.29) is 24.3 Å². The summed E-state index contributed by atoms with van der Waals surface area (Å²) in [5.74, 6) is -0.485. The molecule has 2 rings (SSSR count). The van der Waals surface area contributed by atoms with Crippen LogP contribution in [0.1, 0.15) is 25.5 Å². The molecule has 1 atom stereocenters. The van der Waals surface area contributed by atoms with Gasteiger partial charge in [-0.25, -0.2) is 4.39 Å². The van der Waals surface area contributed by atoms with Gasteiger partial charge in [-0.2, -0.15) is 0 Å². The maximum Gasteiger partial charge on any atom is 0.238 e. The molecule has 3 nitrogen and oxygen atoms in total. The van der Waals surface area contributed by atoms with Crippen molar-refractivity contribution in [1.82, 2.24) is 4.90 Å². The molecule has 0 aliphatic rings. The van der Waals surface area contributed by atoms with E-state index in [4.69, 9.17) is 23.2 Å². The van der Waals surface area contributed by atoms with Crippen LogP contribution in [0.3, 0.4) is 0 Å². The number of amides is 1. The minimum absolute atomic E-state index is 0.0249. The Morgan fingerprint density at radius 1 is 1.17 bits per heavy atom. The van der Waals surface area contributed by atoms with E-state index in [2.05, 4.69) is 5.32 Å². The highest BCUT2D eigenvalue weighted by Crippen LogP contribution is 2.30. The summed E-state index contributed by atoms with van der Waals surface area (Å²) < 4.78 is 13.1. The monoisotopic (exact) mass is 368 g/mol. The maximum atomic E-state index is 13.1. The largest absolute Gasteiger partial charge is 0.322 e. The van der Waals surface area contributed by atoms with Gasteiger partial charge in [-0.1, -0.05) is 48.3 Å². The van der Waals surface area contributed by atoms with Gasteiger partial charge < -0.3 is 5.32 Å². The molecule has 2 aromatic carbocycles. The summed E-state index contributed by atoms with van der Waals surface area (Å²) in [6.07, 6.45) is 0. The Balaban J connectivity index is 2.06. The van der Waals surface area contributed by atoms with Crippen molar-refractivity contribution in [3.8, 4) is 0 Å². The third kappa shape index (κ3) is 4.69. The Kier molecular flexibility index (Phi) is 6.60. The number of benzene rings is 2. The van der Waals surface area contributed by atoms with Gasteiger partial charge in [-0.05, 0) is 43.3 Å². The van der Waals surface area contributed by atoms with Crippen molar-refractivity contribution in [2.24, 2.45) is 0 Å². The summed E-state index contributed by atoms with van der Waals surface area (Å²) >= 11 is 12.1. The summed E-state index contributed by atoms with van der Waals surface area (Å²) in [4.78, 5) is 14.3. The first-order chi connectivity index (χ1) is 11.4. The Morgan fingerprint density at radius 3 is 2.29 bits per heavy atom. The summed E-state index contributed by atoms with van der Waals surface area (Å²) in [5, 5.41) is 3.54. The van der Waals surface area contributed by atoms with Crippen molar-refractivity contribution in [2.45, 2.75) is 19.9 Å². The number of rotatable bonds is 6. The predicted octanol–water partition coefficient (Wildman–Crippen LogP) is 5.15. The normalized spacial score (nSPS) is 12.2. The smallest absolute Gasteiger partial charge is 0.238 e. The molecular formula is C18H19Cl2FN2O. The fraction of sp³-hybridized carbons (Fsp3) is 0.278. The Morgan fingerprint density at radius 2 is 1.75 bits per heavy atom. The van der Waals surface area contributed by atoms with E-state index in [9.17, 15) is 9.18 Å². The van der Waals surface area contributed by atoms with E-state index >= 15 is 0 Å². The second-order valence-corrected chi connectivity index (χ2v) is 6.25. The van der Waals surface area contributed by atoms with Gasteiger partial charge in [0.1, 0.15) is 5.82 Å². The molecule has 0 saturated carbocycles. The Bertz CT molecular complexity index is 686. The first-order valence-electron chi connectivity index (χ1n) is 7.65. The minimum atomic E-state index is -0.278. The SMILES string of the molecule is CCN(CC(=O)Nc1c(Cl)cccc1Cl)[C@H](C)c1ccc(F)cc1. The number of nitrogens with one attached hydrogen (secondary N) is 1. The number of carbonyl (C=O) groups excluding carboxylic acids is 1. The molecule has 24 heavy (non-hydrogen) atoms. The molecule has 0 bridgehead atoms. The van der Waals surface area contributed by atoms with E-state index < -0.39 is 0 Å². The average molecular weight is 369 g/mol. The van der Waals surface area contributed by atoms with Crippen LogP contribution in [0, 0.1) is 5.82 Å². The second-order valence-electron chi connectivity index (χ2n) is 5.44. The molecule has 0 spiro atoms. The fourth-order valence-electron chi connectivity index (χ4n) is 2.46. The lowest BCUT2D eigenvalue weighted by molar-refractivity contribution is -0.117. The molecule has 2 aromatic rings. The number of anilines is 1. The highest BCUT2D eigenvalue weighted by Gasteiger charge is 2.18. The minimum Gasteiger partial charge on any atom is -0.322 e. The lowest BCUT2D eigenvalue weighted by Gasteiger charge is -2.27. The summed E-state index contributed by atoms with van der Waals surface area (Å²) in [7, 11) is 0. The molecule has 1 N–H and O–H groups in total. The molecule has 0 aromatic heterocycles. The molecule has 0 saturated heterocycles. The summed E-state index contributed by atoms with van der Waals surface area (Å²) in [6, 6.07) is 11.3. The van der Waals surface area contributed by atoms with Gasteiger partial charge in [0.25, 0.3) is 0 Å². The highest BCUT2D eigenvalue weighted by molar-refractivity contribution is 6.39. The third-order valence-corrected chi connectivity index (χ3v) is 4.51. The Hall–Kier alpha value is -1.62. The number of halogens is 3. The molecule has 0 aliphatic heterocycles. The Labute approximate surface area is 151 Å². The van der Waals surface area contributed by atoms with Crippen LogP contribution in [0.4, 0.5) is 10.1 Å². The number of likely N-dealkylation sites (N-methyl/N-ethyl adjacent to an activating group) is 1. The van der Waals surface area contributed by atoms with Crippen molar-refractivity contribution in [3.63, 3.8) is 0 Å². The van der Waals surface area contributed by atoms with E-state index in [1.54, 1.807) is 30.3 Å². The number of nitrogens with zero attached hydrogens (tertiary/aromatic N) is 1. The molecule has 0 unspecified atom stereocenters. The van der Waals surface area contributed by atoms with Gasteiger partial charge in [-0.15, -0.1) is 0 Å². The fourth-order valence-corrected chi connectivity index (χ4v) is 2.95. The molecule has 6 heteroatoms. The number of hydrogen-bond donors (Lipinski definition) is 1.